The van der Waals surface area contributed by atoms with Crippen LogP contribution in [0.25, 0.3) is 0 Å². The summed E-state index contributed by atoms with van der Waals surface area (Å²) in [6, 6.07) is 3.99. The fraction of sp³-hybridized carbons (Fsp3) is 0.562. The Bertz CT molecular complexity index is 482. The zero-order valence-corrected chi connectivity index (χ0v) is 12.3. The predicted molar refractivity (Wildman–Crippen MR) is 76.8 cm³/mol. The molecule has 1 unspecified atom stereocenters. The van der Waals surface area contributed by atoms with Crippen LogP contribution in [0, 0.1) is 19.8 Å². The maximum absolute atomic E-state index is 12.7. The Labute approximate surface area is 115 Å². The summed E-state index contributed by atoms with van der Waals surface area (Å²) in [7, 11) is 1.63. The van der Waals surface area contributed by atoms with Gasteiger partial charge in [-0.3, -0.25) is 4.79 Å². The van der Waals surface area contributed by atoms with Crippen molar-refractivity contribution < 1.29 is 9.53 Å². The Morgan fingerprint density at radius 2 is 2.11 bits per heavy atom. The summed E-state index contributed by atoms with van der Waals surface area (Å²) < 4.78 is 5.42. The predicted octanol–water partition coefficient (Wildman–Crippen LogP) is 3.18. The van der Waals surface area contributed by atoms with Gasteiger partial charge in [0.05, 0.1) is 12.7 Å². The Kier molecular flexibility index (Phi) is 4.13. The minimum absolute atomic E-state index is 0.107. The van der Waals surface area contributed by atoms with Gasteiger partial charge in [0.25, 0.3) is 5.91 Å². The average Bonchev–Trinajstić information content (AvgIpc) is 2.37. The molecular weight excluding hydrogens is 238 g/mol. The molecule has 3 heteroatoms. The number of hydrogen-bond acceptors (Lipinski definition) is 2. The molecule has 1 fully saturated rings. The molecule has 0 bridgehead atoms. The number of hydrogen-bond donors (Lipinski definition) is 0. The smallest absolute Gasteiger partial charge is 0.257 e. The first-order valence-electron chi connectivity index (χ1n) is 6.97. The van der Waals surface area contributed by atoms with E-state index in [2.05, 4.69) is 13.0 Å². The van der Waals surface area contributed by atoms with E-state index >= 15 is 0 Å². The molecule has 0 saturated carbocycles. The van der Waals surface area contributed by atoms with Crippen LogP contribution in [0.1, 0.15) is 41.3 Å². The highest BCUT2D eigenvalue weighted by Crippen LogP contribution is 2.28. The van der Waals surface area contributed by atoms with Gasteiger partial charge in [-0.1, -0.05) is 13.0 Å². The van der Waals surface area contributed by atoms with E-state index in [4.69, 9.17) is 4.74 Å². The summed E-state index contributed by atoms with van der Waals surface area (Å²) in [6.45, 7) is 7.93. The topological polar surface area (TPSA) is 29.5 Å². The lowest BCUT2D eigenvalue weighted by atomic mass is 9.98. The van der Waals surface area contributed by atoms with E-state index in [0.717, 1.165) is 30.6 Å². The van der Waals surface area contributed by atoms with Crippen molar-refractivity contribution in [1.29, 1.82) is 0 Å². The van der Waals surface area contributed by atoms with Crippen molar-refractivity contribution in [3.63, 3.8) is 0 Å². The molecule has 1 aliphatic rings. The highest BCUT2D eigenvalue weighted by atomic mass is 16.5. The second kappa shape index (κ2) is 5.64. The number of piperidine rings is 1. The number of rotatable bonds is 2. The number of methoxy groups -OCH3 is 1. The maximum Gasteiger partial charge on any atom is 0.257 e. The van der Waals surface area contributed by atoms with E-state index in [1.807, 2.05) is 24.8 Å². The van der Waals surface area contributed by atoms with Crippen molar-refractivity contribution >= 4 is 5.91 Å². The summed E-state index contributed by atoms with van der Waals surface area (Å²) >= 11 is 0. The highest BCUT2D eigenvalue weighted by Gasteiger charge is 2.25. The van der Waals surface area contributed by atoms with E-state index in [1.165, 1.54) is 6.42 Å². The molecule has 1 atom stereocenters. The van der Waals surface area contributed by atoms with Crippen LogP contribution in [0.3, 0.4) is 0 Å². The molecule has 2 rings (SSSR count). The van der Waals surface area contributed by atoms with Crippen molar-refractivity contribution in [3.05, 3.63) is 28.8 Å². The van der Waals surface area contributed by atoms with E-state index in [0.29, 0.717) is 17.2 Å². The lowest BCUT2D eigenvalue weighted by molar-refractivity contribution is 0.0679. The molecule has 0 aromatic heterocycles. The van der Waals surface area contributed by atoms with Gasteiger partial charge in [-0.05, 0) is 49.8 Å². The number of ether oxygens (including phenoxy) is 1. The van der Waals surface area contributed by atoms with Gasteiger partial charge in [0.15, 0.2) is 0 Å². The van der Waals surface area contributed by atoms with Crippen molar-refractivity contribution in [1.82, 2.24) is 4.90 Å². The monoisotopic (exact) mass is 261 g/mol. The fourth-order valence-electron chi connectivity index (χ4n) is 2.93. The Morgan fingerprint density at radius 1 is 1.37 bits per heavy atom. The summed E-state index contributed by atoms with van der Waals surface area (Å²) in [5.41, 5.74) is 2.83. The minimum Gasteiger partial charge on any atom is -0.496 e. The Hall–Kier alpha value is -1.51. The Morgan fingerprint density at radius 3 is 2.74 bits per heavy atom. The molecule has 0 N–H and O–H groups in total. The number of carbonyl (C=O) groups excluding carboxylic acids is 1. The third kappa shape index (κ3) is 2.91. The van der Waals surface area contributed by atoms with E-state index < -0.39 is 0 Å². The summed E-state index contributed by atoms with van der Waals surface area (Å²) in [6.07, 6.45) is 2.31. The molecule has 104 valence electrons. The molecule has 0 aliphatic carbocycles. The minimum atomic E-state index is 0.107. The SMILES string of the molecule is COc1c(C)cc(C)cc1C(=O)N1CCCC(C)C1. The average molecular weight is 261 g/mol. The summed E-state index contributed by atoms with van der Waals surface area (Å²) in [5, 5.41) is 0. The molecular formula is C16H23NO2. The van der Waals surface area contributed by atoms with Crippen LogP contribution in [-0.4, -0.2) is 31.0 Å². The standard InChI is InChI=1S/C16H23NO2/c1-11-6-5-7-17(10-11)16(18)14-9-12(2)8-13(3)15(14)19-4/h8-9,11H,5-7,10H2,1-4H3. The Balaban J connectivity index is 2.32. The van der Waals surface area contributed by atoms with Crippen LogP contribution in [0.15, 0.2) is 12.1 Å². The third-order valence-electron chi connectivity index (χ3n) is 3.80. The van der Waals surface area contributed by atoms with Gasteiger partial charge in [-0.15, -0.1) is 0 Å². The molecule has 1 amide bonds. The van der Waals surface area contributed by atoms with E-state index in [1.54, 1.807) is 7.11 Å². The van der Waals surface area contributed by atoms with E-state index in [-0.39, 0.29) is 5.91 Å². The van der Waals surface area contributed by atoms with Gasteiger partial charge in [0.2, 0.25) is 0 Å². The molecule has 1 heterocycles. The van der Waals surface area contributed by atoms with Crippen LogP contribution in [-0.2, 0) is 0 Å². The van der Waals surface area contributed by atoms with Gasteiger partial charge in [0, 0.05) is 13.1 Å². The van der Waals surface area contributed by atoms with Crippen LogP contribution in [0.2, 0.25) is 0 Å². The lowest BCUT2D eigenvalue weighted by Gasteiger charge is -2.31. The molecule has 0 spiro atoms. The molecule has 0 radical (unpaired) electrons. The second-order valence-electron chi connectivity index (χ2n) is 5.66. The number of amides is 1. The first-order chi connectivity index (χ1) is 9.02. The van der Waals surface area contributed by atoms with Crippen LogP contribution in [0.5, 0.6) is 5.75 Å². The van der Waals surface area contributed by atoms with Crippen LogP contribution in [0.4, 0.5) is 0 Å². The van der Waals surface area contributed by atoms with Gasteiger partial charge >= 0.3 is 0 Å². The van der Waals surface area contributed by atoms with E-state index in [9.17, 15) is 4.79 Å². The normalized spacial score (nSPS) is 19.4. The van der Waals surface area contributed by atoms with Crippen LogP contribution < -0.4 is 4.74 Å². The number of benzene rings is 1. The number of likely N-dealkylation sites (tertiary alicyclic amines) is 1. The van der Waals surface area contributed by atoms with Gasteiger partial charge < -0.3 is 9.64 Å². The maximum atomic E-state index is 12.7. The summed E-state index contributed by atoms with van der Waals surface area (Å²) in [5.74, 6) is 1.42. The highest BCUT2D eigenvalue weighted by molar-refractivity contribution is 5.97. The molecule has 1 aromatic carbocycles. The molecule has 3 nitrogen and oxygen atoms in total. The third-order valence-corrected chi connectivity index (χ3v) is 3.80. The van der Waals surface area contributed by atoms with Crippen molar-refractivity contribution in [2.75, 3.05) is 20.2 Å². The zero-order chi connectivity index (χ0) is 14.0. The van der Waals surface area contributed by atoms with Gasteiger partial charge in [0.1, 0.15) is 5.75 Å². The molecule has 1 aromatic rings. The quantitative estimate of drug-likeness (QED) is 0.818. The number of carbonyl (C=O) groups is 1. The largest absolute Gasteiger partial charge is 0.496 e. The van der Waals surface area contributed by atoms with Crippen molar-refractivity contribution in [2.24, 2.45) is 5.92 Å². The van der Waals surface area contributed by atoms with Gasteiger partial charge in [-0.25, -0.2) is 0 Å². The zero-order valence-electron chi connectivity index (χ0n) is 12.3. The van der Waals surface area contributed by atoms with Gasteiger partial charge in [-0.2, -0.15) is 0 Å². The van der Waals surface area contributed by atoms with Crippen molar-refractivity contribution in [3.8, 4) is 5.75 Å². The first-order valence-corrected chi connectivity index (χ1v) is 6.97. The molecule has 19 heavy (non-hydrogen) atoms. The molecule has 1 aliphatic heterocycles. The number of aryl methyl sites for hydroxylation is 2. The first kappa shape index (κ1) is 13.9. The summed E-state index contributed by atoms with van der Waals surface area (Å²) in [4.78, 5) is 14.6. The van der Waals surface area contributed by atoms with Crippen LogP contribution >= 0.6 is 0 Å². The molecule has 1 saturated heterocycles. The number of nitrogens with zero attached hydrogens (tertiary/aromatic N) is 1. The lowest BCUT2D eigenvalue weighted by Crippen LogP contribution is -2.39. The fourth-order valence-corrected chi connectivity index (χ4v) is 2.93. The second-order valence-corrected chi connectivity index (χ2v) is 5.66. The van der Waals surface area contributed by atoms with Crippen molar-refractivity contribution in [2.45, 2.75) is 33.6 Å².